The van der Waals surface area contributed by atoms with Gasteiger partial charge in [0.2, 0.25) is 0 Å². The van der Waals surface area contributed by atoms with E-state index in [2.05, 4.69) is 26.1 Å². The molecule has 0 radical (unpaired) electrons. The number of rotatable bonds is 6. The molecule has 3 aromatic rings. The Morgan fingerprint density at radius 2 is 2.06 bits per heavy atom. The highest BCUT2D eigenvalue weighted by Crippen LogP contribution is 2.45. The topological polar surface area (TPSA) is 63.8 Å². The molecule has 0 unspecified atom stereocenters. The molecule has 0 bridgehead atoms. The van der Waals surface area contributed by atoms with Crippen LogP contribution in [0.4, 0.5) is 5.00 Å². The van der Waals surface area contributed by atoms with Gasteiger partial charge >= 0.3 is 0 Å². The van der Waals surface area contributed by atoms with Crippen molar-refractivity contribution in [2.45, 2.75) is 46.6 Å². The molecular formula is C26H30N2O3S. The van der Waals surface area contributed by atoms with Crippen LogP contribution in [0.5, 0.6) is 5.75 Å². The van der Waals surface area contributed by atoms with Crippen molar-refractivity contribution in [3.63, 3.8) is 0 Å². The minimum atomic E-state index is -0.0880. The molecule has 1 amide bonds. The van der Waals surface area contributed by atoms with Crippen molar-refractivity contribution >= 4 is 28.5 Å². The third-order valence-corrected chi connectivity index (χ3v) is 7.31. The van der Waals surface area contributed by atoms with Crippen molar-refractivity contribution in [3.05, 3.63) is 70.0 Å². The van der Waals surface area contributed by atoms with Gasteiger partial charge in [-0.05, 0) is 78.1 Å². The van der Waals surface area contributed by atoms with Crippen LogP contribution in [0, 0.1) is 11.3 Å². The van der Waals surface area contributed by atoms with Gasteiger partial charge < -0.3 is 14.5 Å². The standard InChI is InChI=1S/C26H30N2O3S/c1-26(2,3)18-9-12-21-22(14-18)32-25(28-15-17-7-10-19(30-4)11-8-17)23(21)24(29)27-16-20-6-5-13-31-20/h5-8,10-11,13,15,18H,9,12,14,16H2,1-4H3,(H,27,29)/t18-/m0/s1. The Balaban J connectivity index is 1.63. The van der Waals surface area contributed by atoms with E-state index >= 15 is 0 Å². The molecular weight excluding hydrogens is 420 g/mol. The molecule has 0 saturated heterocycles. The normalized spacial score (nSPS) is 16.2. The number of amides is 1. The number of hydrogen-bond donors (Lipinski definition) is 1. The first-order valence-corrected chi connectivity index (χ1v) is 11.8. The lowest BCUT2D eigenvalue weighted by atomic mass is 9.72. The molecule has 1 aromatic carbocycles. The molecule has 2 aromatic heterocycles. The van der Waals surface area contributed by atoms with Crippen LogP contribution in [0.25, 0.3) is 0 Å². The fourth-order valence-electron chi connectivity index (χ4n) is 4.13. The molecule has 1 aliphatic rings. The first-order chi connectivity index (χ1) is 15.3. The summed E-state index contributed by atoms with van der Waals surface area (Å²) in [4.78, 5) is 19.3. The summed E-state index contributed by atoms with van der Waals surface area (Å²) in [6, 6.07) is 11.4. The lowest BCUT2D eigenvalue weighted by Crippen LogP contribution is -2.28. The SMILES string of the molecule is COc1ccc(C=Nc2sc3c(c2C(=O)NCc2ccco2)CC[C@H](C(C)(C)C)C3)cc1. The molecule has 168 valence electrons. The second-order valence-electron chi connectivity index (χ2n) is 9.28. The van der Waals surface area contributed by atoms with E-state index in [0.29, 0.717) is 18.0 Å². The van der Waals surface area contributed by atoms with Crippen LogP contribution in [0.2, 0.25) is 0 Å². The minimum absolute atomic E-state index is 0.0880. The van der Waals surface area contributed by atoms with E-state index in [-0.39, 0.29) is 11.3 Å². The molecule has 0 saturated carbocycles. The Labute approximate surface area is 193 Å². The number of fused-ring (bicyclic) bond motifs is 1. The molecule has 32 heavy (non-hydrogen) atoms. The van der Waals surface area contributed by atoms with Gasteiger partial charge in [0.05, 0.1) is 25.5 Å². The Morgan fingerprint density at radius 3 is 2.72 bits per heavy atom. The second kappa shape index (κ2) is 9.33. The maximum atomic E-state index is 13.2. The Hall–Kier alpha value is -2.86. The molecule has 2 heterocycles. The molecule has 4 rings (SSSR count). The molecule has 6 heteroatoms. The van der Waals surface area contributed by atoms with Crippen LogP contribution in [-0.2, 0) is 19.4 Å². The van der Waals surface area contributed by atoms with Gasteiger partial charge in [-0.3, -0.25) is 4.79 Å². The summed E-state index contributed by atoms with van der Waals surface area (Å²) in [6.07, 6.45) is 6.44. The zero-order chi connectivity index (χ0) is 22.7. The largest absolute Gasteiger partial charge is 0.497 e. The van der Waals surface area contributed by atoms with Crippen molar-refractivity contribution in [1.82, 2.24) is 5.32 Å². The van der Waals surface area contributed by atoms with E-state index in [1.54, 1.807) is 24.7 Å². The molecule has 0 fully saturated rings. The minimum Gasteiger partial charge on any atom is -0.497 e. The van der Waals surface area contributed by atoms with E-state index in [0.717, 1.165) is 46.9 Å². The third-order valence-electron chi connectivity index (χ3n) is 6.15. The molecule has 0 aliphatic heterocycles. The van der Waals surface area contributed by atoms with Crippen LogP contribution in [0.3, 0.4) is 0 Å². The van der Waals surface area contributed by atoms with Crippen molar-refractivity contribution < 1.29 is 13.9 Å². The predicted octanol–water partition coefficient (Wildman–Crippen LogP) is 6.18. The highest BCUT2D eigenvalue weighted by molar-refractivity contribution is 7.16. The number of aliphatic imine (C=N–C) groups is 1. The number of nitrogens with one attached hydrogen (secondary N) is 1. The van der Waals surface area contributed by atoms with Crippen molar-refractivity contribution in [1.29, 1.82) is 0 Å². The van der Waals surface area contributed by atoms with E-state index in [4.69, 9.17) is 14.1 Å². The predicted molar refractivity (Wildman–Crippen MR) is 129 cm³/mol. The lowest BCUT2D eigenvalue weighted by molar-refractivity contribution is 0.0947. The van der Waals surface area contributed by atoms with E-state index in [9.17, 15) is 4.79 Å². The average Bonchev–Trinajstić information content (AvgIpc) is 3.42. The maximum absolute atomic E-state index is 13.2. The Morgan fingerprint density at radius 1 is 1.28 bits per heavy atom. The lowest BCUT2D eigenvalue weighted by Gasteiger charge is -2.33. The first kappa shape index (κ1) is 22.3. The van der Waals surface area contributed by atoms with Crippen molar-refractivity contribution in [3.8, 4) is 5.75 Å². The number of benzene rings is 1. The number of nitrogens with zero attached hydrogens (tertiary/aromatic N) is 1. The zero-order valence-corrected chi connectivity index (χ0v) is 19.9. The summed E-state index contributed by atoms with van der Waals surface area (Å²) in [7, 11) is 1.65. The van der Waals surface area contributed by atoms with Gasteiger partial charge in [-0.2, -0.15) is 0 Å². The summed E-state index contributed by atoms with van der Waals surface area (Å²) in [5.74, 6) is 2.06. The monoisotopic (exact) mass is 450 g/mol. The molecule has 0 spiro atoms. The summed E-state index contributed by atoms with van der Waals surface area (Å²) in [5.41, 5.74) is 3.09. The second-order valence-corrected chi connectivity index (χ2v) is 10.4. The maximum Gasteiger partial charge on any atom is 0.255 e. The molecule has 1 atom stereocenters. The smallest absolute Gasteiger partial charge is 0.255 e. The third kappa shape index (κ3) is 4.96. The number of methoxy groups -OCH3 is 1. The van der Waals surface area contributed by atoms with Crippen molar-refractivity contribution in [2.75, 3.05) is 7.11 Å². The molecule has 1 N–H and O–H groups in total. The van der Waals surface area contributed by atoms with Gasteiger partial charge in [0.15, 0.2) is 0 Å². The van der Waals surface area contributed by atoms with Gasteiger partial charge in [0.25, 0.3) is 5.91 Å². The van der Waals surface area contributed by atoms with Crippen LogP contribution in [0.1, 0.15) is 59.3 Å². The first-order valence-electron chi connectivity index (χ1n) is 11.0. The molecule has 1 aliphatic carbocycles. The summed E-state index contributed by atoms with van der Waals surface area (Å²) in [5, 5.41) is 3.79. The number of furan rings is 1. The van der Waals surface area contributed by atoms with Gasteiger partial charge in [-0.15, -0.1) is 11.3 Å². The van der Waals surface area contributed by atoms with Gasteiger partial charge in [-0.1, -0.05) is 20.8 Å². The highest BCUT2D eigenvalue weighted by Gasteiger charge is 2.33. The fraction of sp³-hybridized carbons (Fsp3) is 0.385. The highest BCUT2D eigenvalue weighted by atomic mass is 32.1. The van der Waals surface area contributed by atoms with Crippen LogP contribution in [-0.4, -0.2) is 19.2 Å². The van der Waals surface area contributed by atoms with Crippen LogP contribution < -0.4 is 10.1 Å². The molecule has 5 nitrogen and oxygen atoms in total. The Kier molecular flexibility index (Phi) is 6.51. The fourth-order valence-corrected chi connectivity index (χ4v) is 5.40. The number of carbonyl (C=O) groups excluding carboxylic acids is 1. The van der Waals surface area contributed by atoms with E-state index < -0.39 is 0 Å². The van der Waals surface area contributed by atoms with Crippen LogP contribution in [0.15, 0.2) is 52.1 Å². The van der Waals surface area contributed by atoms with E-state index in [1.807, 2.05) is 42.6 Å². The average molecular weight is 451 g/mol. The van der Waals surface area contributed by atoms with E-state index in [1.165, 1.54) is 4.88 Å². The number of carbonyl (C=O) groups is 1. The van der Waals surface area contributed by atoms with Crippen molar-refractivity contribution in [2.24, 2.45) is 16.3 Å². The number of hydrogen-bond acceptors (Lipinski definition) is 5. The number of ether oxygens (including phenoxy) is 1. The quantitative estimate of drug-likeness (QED) is 0.456. The zero-order valence-electron chi connectivity index (χ0n) is 19.1. The van der Waals surface area contributed by atoms with Gasteiger partial charge in [0, 0.05) is 11.1 Å². The Bertz CT molecular complexity index is 1090. The summed E-state index contributed by atoms with van der Waals surface area (Å²) in [6.45, 7) is 7.27. The van der Waals surface area contributed by atoms with Gasteiger partial charge in [0.1, 0.15) is 16.5 Å². The van der Waals surface area contributed by atoms with Crippen LogP contribution >= 0.6 is 11.3 Å². The summed E-state index contributed by atoms with van der Waals surface area (Å²) >= 11 is 1.65. The summed E-state index contributed by atoms with van der Waals surface area (Å²) < 4.78 is 10.6. The van der Waals surface area contributed by atoms with Gasteiger partial charge in [-0.25, -0.2) is 4.99 Å². The number of thiophene rings is 1.